The van der Waals surface area contributed by atoms with E-state index < -0.39 is 0 Å². The van der Waals surface area contributed by atoms with Crippen LogP contribution in [-0.2, 0) is 0 Å². The summed E-state index contributed by atoms with van der Waals surface area (Å²) in [6, 6.07) is 18.0. The summed E-state index contributed by atoms with van der Waals surface area (Å²) in [5, 5.41) is 8.85. The minimum Gasteiger partial charge on any atom is -0.490 e. The molecule has 0 atom stereocenters. The van der Waals surface area contributed by atoms with Crippen LogP contribution in [0, 0.1) is 11.3 Å². The molecule has 0 spiro atoms. The first-order valence-corrected chi connectivity index (χ1v) is 8.28. The van der Waals surface area contributed by atoms with Gasteiger partial charge in [0.25, 0.3) is 0 Å². The van der Waals surface area contributed by atoms with Crippen LogP contribution < -0.4 is 4.74 Å². The topological polar surface area (TPSA) is 36.3 Å². The summed E-state index contributed by atoms with van der Waals surface area (Å²) in [4.78, 5) is 2.47. The molecule has 23 heavy (non-hydrogen) atoms. The van der Waals surface area contributed by atoms with Crippen LogP contribution in [0.4, 0.5) is 0 Å². The highest BCUT2D eigenvalue weighted by molar-refractivity contribution is 5.64. The maximum absolute atomic E-state index is 8.85. The molecule has 0 saturated carbocycles. The van der Waals surface area contributed by atoms with Gasteiger partial charge < -0.3 is 9.64 Å². The van der Waals surface area contributed by atoms with Gasteiger partial charge >= 0.3 is 0 Å². The van der Waals surface area contributed by atoms with Crippen molar-refractivity contribution in [2.24, 2.45) is 0 Å². The minimum absolute atomic E-state index is 0.332. The molecule has 1 aliphatic rings. The second-order valence-corrected chi connectivity index (χ2v) is 5.97. The highest BCUT2D eigenvalue weighted by atomic mass is 16.5. The summed E-state index contributed by atoms with van der Waals surface area (Å²) in [5.41, 5.74) is 2.95. The van der Waals surface area contributed by atoms with Crippen molar-refractivity contribution in [1.82, 2.24) is 4.90 Å². The molecule has 3 heteroatoms. The Kier molecular flexibility index (Phi) is 4.95. The van der Waals surface area contributed by atoms with Gasteiger partial charge in [-0.25, -0.2) is 0 Å². The summed E-state index contributed by atoms with van der Waals surface area (Å²) in [5.74, 6) is 0.942. The van der Waals surface area contributed by atoms with Crippen molar-refractivity contribution in [3.8, 4) is 22.9 Å². The summed E-state index contributed by atoms with van der Waals surface area (Å²) < 4.78 is 6.11. The molecule has 0 aliphatic carbocycles. The maximum Gasteiger partial charge on any atom is 0.119 e. The van der Waals surface area contributed by atoms with Crippen LogP contribution in [0.15, 0.2) is 48.5 Å². The van der Waals surface area contributed by atoms with Gasteiger partial charge in [-0.1, -0.05) is 31.2 Å². The normalized spacial score (nSPS) is 16.0. The molecule has 2 aromatic rings. The summed E-state index contributed by atoms with van der Waals surface area (Å²) >= 11 is 0. The molecule has 0 bridgehead atoms. The fraction of sp³-hybridized carbons (Fsp3) is 0.350. The zero-order chi connectivity index (χ0) is 16.1. The molecule has 0 amide bonds. The smallest absolute Gasteiger partial charge is 0.119 e. The van der Waals surface area contributed by atoms with Gasteiger partial charge in [-0.15, -0.1) is 0 Å². The molecule has 0 N–H and O–H groups in total. The predicted octanol–water partition coefficient (Wildman–Crippen LogP) is 4.09. The lowest BCUT2D eigenvalue weighted by Gasteiger charge is -2.31. The van der Waals surface area contributed by atoms with E-state index in [0.29, 0.717) is 11.7 Å². The van der Waals surface area contributed by atoms with E-state index >= 15 is 0 Å². The van der Waals surface area contributed by atoms with Crippen molar-refractivity contribution in [1.29, 1.82) is 5.26 Å². The van der Waals surface area contributed by atoms with Crippen molar-refractivity contribution >= 4 is 0 Å². The summed E-state index contributed by atoms with van der Waals surface area (Å²) in [6.45, 7) is 5.60. The fourth-order valence-corrected chi connectivity index (χ4v) is 3.00. The van der Waals surface area contributed by atoms with Crippen molar-refractivity contribution in [3.63, 3.8) is 0 Å². The number of piperidine rings is 1. The van der Waals surface area contributed by atoms with E-state index in [9.17, 15) is 0 Å². The number of rotatable bonds is 4. The van der Waals surface area contributed by atoms with Crippen molar-refractivity contribution in [2.75, 3.05) is 19.6 Å². The molecule has 2 aromatic carbocycles. The highest BCUT2D eigenvalue weighted by Crippen LogP contribution is 2.24. The third-order valence-electron chi connectivity index (χ3n) is 4.49. The van der Waals surface area contributed by atoms with E-state index in [1.807, 2.05) is 36.4 Å². The Balaban J connectivity index is 1.62. The highest BCUT2D eigenvalue weighted by Gasteiger charge is 2.19. The first-order valence-electron chi connectivity index (χ1n) is 8.28. The average Bonchev–Trinajstić information content (AvgIpc) is 2.63. The van der Waals surface area contributed by atoms with Gasteiger partial charge in [-0.2, -0.15) is 5.26 Å². The first-order chi connectivity index (χ1) is 11.3. The van der Waals surface area contributed by atoms with Crippen molar-refractivity contribution < 1.29 is 4.74 Å². The molecule has 0 unspecified atom stereocenters. The lowest BCUT2D eigenvalue weighted by Crippen LogP contribution is -2.37. The predicted molar refractivity (Wildman–Crippen MR) is 92.4 cm³/mol. The average molecular weight is 306 g/mol. The van der Waals surface area contributed by atoms with E-state index in [1.165, 1.54) is 0 Å². The maximum atomic E-state index is 8.85. The Morgan fingerprint density at radius 1 is 1.00 bits per heavy atom. The number of likely N-dealkylation sites (tertiary alicyclic amines) is 1. The van der Waals surface area contributed by atoms with E-state index in [2.05, 4.69) is 30.0 Å². The first kappa shape index (κ1) is 15.6. The molecule has 1 aliphatic heterocycles. The van der Waals surface area contributed by atoms with Crippen molar-refractivity contribution in [2.45, 2.75) is 25.9 Å². The van der Waals surface area contributed by atoms with Gasteiger partial charge in [-0.05, 0) is 54.8 Å². The third kappa shape index (κ3) is 3.91. The van der Waals surface area contributed by atoms with Crippen LogP contribution in [0.25, 0.3) is 11.1 Å². The summed E-state index contributed by atoms with van der Waals surface area (Å²) in [7, 11) is 0. The Hall–Kier alpha value is -2.31. The summed E-state index contributed by atoms with van der Waals surface area (Å²) in [6.07, 6.45) is 2.54. The van der Waals surface area contributed by atoms with Gasteiger partial charge in [0.15, 0.2) is 0 Å². The molecule has 3 rings (SSSR count). The zero-order valence-electron chi connectivity index (χ0n) is 13.5. The molecular weight excluding hydrogens is 284 g/mol. The zero-order valence-corrected chi connectivity index (χ0v) is 13.5. The van der Waals surface area contributed by atoms with E-state index in [4.69, 9.17) is 10.00 Å². The van der Waals surface area contributed by atoms with Crippen LogP contribution in [0.2, 0.25) is 0 Å². The Labute approximate surface area is 138 Å². The standard InChI is InChI=1S/C20H22N2O/c1-2-22-13-11-20(12-14-22)23-19-9-7-18(8-10-19)17-5-3-16(15-21)4-6-17/h3-10,20H,2,11-14H2,1H3. The monoisotopic (exact) mass is 306 g/mol. The Morgan fingerprint density at radius 2 is 1.57 bits per heavy atom. The fourth-order valence-electron chi connectivity index (χ4n) is 3.00. The molecular formula is C20H22N2O. The van der Waals surface area contributed by atoms with E-state index in [-0.39, 0.29) is 0 Å². The Bertz CT molecular complexity index is 662. The van der Waals surface area contributed by atoms with E-state index in [1.54, 1.807) is 0 Å². The van der Waals surface area contributed by atoms with Crippen LogP contribution in [0.1, 0.15) is 25.3 Å². The molecule has 0 radical (unpaired) electrons. The lowest BCUT2D eigenvalue weighted by atomic mass is 10.0. The van der Waals surface area contributed by atoms with Crippen LogP contribution >= 0.6 is 0 Å². The number of hydrogen-bond donors (Lipinski definition) is 0. The van der Waals surface area contributed by atoms with Gasteiger partial charge in [0.2, 0.25) is 0 Å². The van der Waals surface area contributed by atoms with Gasteiger partial charge in [-0.3, -0.25) is 0 Å². The number of nitriles is 1. The quantitative estimate of drug-likeness (QED) is 0.853. The number of benzene rings is 2. The minimum atomic E-state index is 0.332. The molecule has 118 valence electrons. The van der Waals surface area contributed by atoms with Gasteiger partial charge in [0, 0.05) is 13.1 Å². The Morgan fingerprint density at radius 3 is 2.09 bits per heavy atom. The van der Waals surface area contributed by atoms with Crippen LogP contribution in [0.5, 0.6) is 5.75 Å². The molecule has 1 saturated heterocycles. The van der Waals surface area contributed by atoms with Gasteiger partial charge in [0.05, 0.1) is 11.6 Å². The number of ether oxygens (including phenoxy) is 1. The third-order valence-corrected chi connectivity index (χ3v) is 4.49. The van der Waals surface area contributed by atoms with E-state index in [0.717, 1.165) is 49.4 Å². The number of hydrogen-bond acceptors (Lipinski definition) is 3. The second-order valence-electron chi connectivity index (χ2n) is 5.97. The van der Waals surface area contributed by atoms with Crippen LogP contribution in [0.3, 0.4) is 0 Å². The van der Waals surface area contributed by atoms with Crippen molar-refractivity contribution in [3.05, 3.63) is 54.1 Å². The largest absolute Gasteiger partial charge is 0.490 e. The second kappa shape index (κ2) is 7.30. The number of nitrogens with zero attached hydrogens (tertiary/aromatic N) is 2. The molecule has 1 heterocycles. The SMILES string of the molecule is CCN1CCC(Oc2ccc(-c3ccc(C#N)cc3)cc2)CC1. The molecule has 1 fully saturated rings. The molecule has 0 aromatic heterocycles. The van der Waals surface area contributed by atoms with Gasteiger partial charge in [0.1, 0.15) is 11.9 Å². The lowest BCUT2D eigenvalue weighted by molar-refractivity contribution is 0.104. The molecule has 3 nitrogen and oxygen atoms in total. The van der Waals surface area contributed by atoms with Crippen LogP contribution in [-0.4, -0.2) is 30.6 Å².